The largest absolute Gasteiger partial charge is 0.391 e. The van der Waals surface area contributed by atoms with Gasteiger partial charge in [-0.05, 0) is 37.8 Å². The molecule has 6 rings (SSSR count). The van der Waals surface area contributed by atoms with E-state index in [0.717, 1.165) is 51.3 Å². The molecular weight excluding hydrogens is 434 g/mol. The smallest absolute Gasteiger partial charge is 0.248 e. The molecule has 188 valence electrons. The van der Waals surface area contributed by atoms with E-state index in [4.69, 9.17) is 0 Å². The number of β-amino-alcohol motifs (C(OH)–C–C–N with tert-alkyl or cyclic N) is 1. The van der Waals surface area contributed by atoms with Gasteiger partial charge in [0.1, 0.15) is 12.1 Å². The van der Waals surface area contributed by atoms with Crippen molar-refractivity contribution in [1.29, 1.82) is 0 Å². The van der Waals surface area contributed by atoms with Gasteiger partial charge in [-0.1, -0.05) is 26.0 Å². The first-order valence-corrected chi connectivity index (χ1v) is 12.8. The lowest BCUT2D eigenvalue weighted by molar-refractivity contribution is -0.144. The molecule has 10 nitrogen and oxygen atoms in total. The molecule has 2 amide bonds. The fourth-order valence-electron chi connectivity index (χ4n) is 5.81. The Labute approximate surface area is 201 Å². The van der Waals surface area contributed by atoms with E-state index in [1.54, 1.807) is 9.58 Å². The lowest BCUT2D eigenvalue weighted by Crippen LogP contribution is -2.56. The summed E-state index contributed by atoms with van der Waals surface area (Å²) in [6, 6.07) is -0.962. The Hall–Kier alpha value is -2.04. The number of aromatic nitrogens is 3. The molecule has 1 aromatic heterocycles. The van der Waals surface area contributed by atoms with E-state index in [1.165, 1.54) is 6.42 Å². The molecule has 1 saturated carbocycles. The van der Waals surface area contributed by atoms with Crippen LogP contribution >= 0.6 is 0 Å². The Bertz CT molecular complexity index is 905. The van der Waals surface area contributed by atoms with Crippen molar-refractivity contribution in [1.82, 2.24) is 35.0 Å². The number of nitrogens with zero attached hydrogens (tertiary/aromatic N) is 6. The summed E-state index contributed by atoms with van der Waals surface area (Å²) in [5.41, 5.74) is 0.503. The van der Waals surface area contributed by atoms with Gasteiger partial charge in [0.25, 0.3) is 0 Å². The van der Waals surface area contributed by atoms with Gasteiger partial charge in [-0.3, -0.25) is 14.5 Å². The summed E-state index contributed by atoms with van der Waals surface area (Å²) in [6.07, 6.45) is 4.84. The van der Waals surface area contributed by atoms with Crippen LogP contribution in [0.1, 0.15) is 64.1 Å². The highest BCUT2D eigenvalue weighted by Gasteiger charge is 2.45. The van der Waals surface area contributed by atoms with Gasteiger partial charge in [0, 0.05) is 57.3 Å². The fraction of sp³-hybridized carbons (Fsp3) is 0.833. The van der Waals surface area contributed by atoms with Crippen LogP contribution < -0.4 is 5.32 Å². The maximum Gasteiger partial charge on any atom is 0.248 e. The fourth-order valence-corrected chi connectivity index (χ4v) is 5.81. The van der Waals surface area contributed by atoms with Crippen molar-refractivity contribution in [3.8, 4) is 0 Å². The molecular formula is C24H39N7O3. The molecule has 1 aromatic rings. The second-order valence-corrected chi connectivity index (χ2v) is 11.7. The summed E-state index contributed by atoms with van der Waals surface area (Å²) in [6.45, 7) is 12.0. The van der Waals surface area contributed by atoms with Crippen LogP contribution in [0.3, 0.4) is 0 Å². The average molecular weight is 474 g/mol. The quantitative estimate of drug-likeness (QED) is 0.608. The number of rotatable bonds is 6. The predicted molar refractivity (Wildman–Crippen MR) is 126 cm³/mol. The summed E-state index contributed by atoms with van der Waals surface area (Å²) in [4.78, 5) is 33.6. The minimum atomic E-state index is -0.707. The molecule has 5 heterocycles. The first kappa shape index (κ1) is 23.7. The zero-order chi connectivity index (χ0) is 24.0. The van der Waals surface area contributed by atoms with Crippen LogP contribution in [-0.2, 0) is 9.59 Å². The van der Waals surface area contributed by atoms with Crippen molar-refractivity contribution in [2.45, 2.75) is 76.6 Å². The van der Waals surface area contributed by atoms with Crippen molar-refractivity contribution in [2.24, 2.45) is 5.41 Å². The van der Waals surface area contributed by atoms with Crippen LogP contribution in [0, 0.1) is 5.41 Å². The van der Waals surface area contributed by atoms with Crippen molar-refractivity contribution in [2.75, 3.05) is 45.8 Å². The first-order valence-electron chi connectivity index (χ1n) is 12.8. The maximum absolute atomic E-state index is 13.8. The number of amides is 2. The van der Waals surface area contributed by atoms with Gasteiger partial charge >= 0.3 is 0 Å². The number of likely N-dealkylation sites (tertiary alicyclic amines) is 1. The number of fused-ring (bicyclic) bond motifs is 4. The van der Waals surface area contributed by atoms with Gasteiger partial charge < -0.3 is 20.2 Å². The van der Waals surface area contributed by atoms with Crippen LogP contribution in [0.4, 0.5) is 0 Å². The molecule has 0 spiro atoms. The molecule has 2 N–H and O–H groups in total. The van der Waals surface area contributed by atoms with Gasteiger partial charge in [0.2, 0.25) is 11.8 Å². The molecule has 4 aliphatic heterocycles. The van der Waals surface area contributed by atoms with E-state index < -0.39 is 23.6 Å². The van der Waals surface area contributed by atoms with E-state index in [2.05, 4.69) is 25.4 Å². The minimum absolute atomic E-state index is 0.164. The Balaban J connectivity index is 1.28. The van der Waals surface area contributed by atoms with Crippen LogP contribution in [0.25, 0.3) is 0 Å². The number of hydrogen-bond acceptors (Lipinski definition) is 7. The van der Waals surface area contributed by atoms with Crippen molar-refractivity contribution >= 4 is 11.8 Å². The summed E-state index contributed by atoms with van der Waals surface area (Å²) in [7, 11) is 0. The highest BCUT2D eigenvalue weighted by Crippen LogP contribution is 2.40. The normalized spacial score (nSPS) is 32.5. The molecule has 2 bridgehead atoms. The van der Waals surface area contributed by atoms with E-state index in [9.17, 15) is 14.7 Å². The predicted octanol–water partition coefficient (Wildman–Crippen LogP) is 0.211. The zero-order valence-electron chi connectivity index (χ0n) is 20.7. The van der Waals surface area contributed by atoms with Gasteiger partial charge in [0.15, 0.2) is 0 Å². The maximum atomic E-state index is 13.8. The van der Waals surface area contributed by atoms with Crippen molar-refractivity contribution in [3.63, 3.8) is 0 Å². The van der Waals surface area contributed by atoms with Crippen LogP contribution in [0.15, 0.2) is 6.20 Å². The number of aliphatic hydroxyl groups excluding tert-OH is 1. The van der Waals surface area contributed by atoms with Crippen LogP contribution in [0.2, 0.25) is 0 Å². The number of piperazine rings is 1. The highest BCUT2D eigenvalue weighted by molar-refractivity contribution is 5.90. The minimum Gasteiger partial charge on any atom is -0.391 e. The molecule has 10 heteroatoms. The second kappa shape index (κ2) is 9.20. The lowest BCUT2D eigenvalue weighted by atomic mass is 9.85. The SMILES string of the molecule is CC(C)(C)[C@@H](C(=O)N1C[C@H](O)C[C@H]1C(=O)NCC1CN2CCCN1CC2)n1cc(C2CC2)nn1. The van der Waals surface area contributed by atoms with Gasteiger partial charge in [-0.25, -0.2) is 4.68 Å². The molecule has 1 aliphatic carbocycles. The van der Waals surface area contributed by atoms with E-state index in [1.807, 2.05) is 27.0 Å². The van der Waals surface area contributed by atoms with Gasteiger partial charge in [-0.15, -0.1) is 5.10 Å². The molecule has 5 aliphatic rings. The number of carbonyl (C=O) groups excluding carboxylic acids is 2. The standard InChI is InChI=1S/C24H39N7O3/c1-24(2,3)21(31-15-19(26-27-31)16-5-6-16)23(34)30-14-18(32)11-20(30)22(33)25-12-17-13-28-7-4-8-29(17)10-9-28/h15-18,20-21,32H,4-14H2,1-3H3,(H,25,33)/t17?,18-,20+,21-/m1/s1. The van der Waals surface area contributed by atoms with Gasteiger partial charge in [-0.2, -0.15) is 0 Å². The Kier molecular flexibility index (Phi) is 6.41. The topological polar surface area (TPSA) is 107 Å². The summed E-state index contributed by atoms with van der Waals surface area (Å²) in [5.74, 6) is 0.0916. The lowest BCUT2D eigenvalue weighted by Gasteiger charge is -2.38. The third-order valence-corrected chi connectivity index (χ3v) is 7.83. The molecule has 3 unspecified atom stereocenters. The first-order chi connectivity index (χ1) is 16.2. The highest BCUT2D eigenvalue weighted by atomic mass is 16.3. The third kappa shape index (κ3) is 4.85. The average Bonchev–Trinajstić information content (AvgIpc) is 3.50. The van der Waals surface area contributed by atoms with Crippen LogP contribution in [0.5, 0.6) is 0 Å². The van der Waals surface area contributed by atoms with Crippen molar-refractivity contribution < 1.29 is 14.7 Å². The molecule has 5 fully saturated rings. The summed E-state index contributed by atoms with van der Waals surface area (Å²) < 4.78 is 1.67. The van der Waals surface area contributed by atoms with Gasteiger partial charge in [0.05, 0.1) is 11.8 Å². The molecule has 0 radical (unpaired) electrons. The zero-order valence-corrected chi connectivity index (χ0v) is 20.7. The third-order valence-electron chi connectivity index (χ3n) is 7.83. The van der Waals surface area contributed by atoms with Crippen molar-refractivity contribution in [3.05, 3.63) is 11.9 Å². The van der Waals surface area contributed by atoms with Crippen LogP contribution in [-0.4, -0.2) is 111 Å². The van der Waals surface area contributed by atoms with E-state index in [0.29, 0.717) is 18.5 Å². The summed E-state index contributed by atoms with van der Waals surface area (Å²) in [5, 5.41) is 22.1. The summed E-state index contributed by atoms with van der Waals surface area (Å²) >= 11 is 0. The molecule has 0 aromatic carbocycles. The number of hydrogen-bond donors (Lipinski definition) is 2. The molecule has 6 atom stereocenters. The molecule has 34 heavy (non-hydrogen) atoms. The Morgan fingerprint density at radius 2 is 1.97 bits per heavy atom. The Morgan fingerprint density at radius 1 is 1.18 bits per heavy atom. The van der Waals surface area contributed by atoms with E-state index >= 15 is 0 Å². The molecule has 4 saturated heterocycles. The second-order valence-electron chi connectivity index (χ2n) is 11.7. The Morgan fingerprint density at radius 3 is 2.71 bits per heavy atom. The number of nitrogens with one attached hydrogen (secondary N) is 1. The number of carbonyl (C=O) groups is 2. The monoisotopic (exact) mass is 473 g/mol. The number of aliphatic hydroxyl groups is 1. The van der Waals surface area contributed by atoms with E-state index in [-0.39, 0.29) is 24.8 Å².